The normalized spacial score (nSPS) is 13.5. The second-order valence-electron chi connectivity index (χ2n) is 5.37. The van der Waals surface area contributed by atoms with Crippen molar-refractivity contribution in [2.75, 3.05) is 17.2 Å². The molecule has 3 N–H and O–H groups in total. The Morgan fingerprint density at radius 1 is 1.21 bits per heavy atom. The lowest BCUT2D eigenvalue weighted by Gasteiger charge is -2.04. The summed E-state index contributed by atoms with van der Waals surface area (Å²) in [6.07, 6.45) is 1.55. The quantitative estimate of drug-likeness (QED) is 0.793. The highest BCUT2D eigenvalue weighted by atomic mass is 32.1. The number of aromatic nitrogens is 1. The molecule has 0 saturated heterocycles. The Labute approximate surface area is 142 Å². The minimum atomic E-state index is -0.311. The molecule has 0 bridgehead atoms. The number of hydrogen-bond acceptors (Lipinski definition) is 5. The fourth-order valence-corrected chi connectivity index (χ4v) is 3.29. The van der Waals surface area contributed by atoms with Crippen molar-refractivity contribution >= 4 is 39.9 Å². The van der Waals surface area contributed by atoms with Gasteiger partial charge in [0.15, 0.2) is 5.13 Å². The number of carbonyl (C=O) groups is 3. The molecule has 0 unspecified atom stereocenters. The zero-order valence-electron chi connectivity index (χ0n) is 13.0. The molecular weight excluding hydrogens is 328 g/mol. The van der Waals surface area contributed by atoms with Crippen LogP contribution < -0.4 is 16.0 Å². The van der Waals surface area contributed by atoms with Gasteiger partial charge in [-0.15, -0.1) is 0 Å². The summed E-state index contributed by atoms with van der Waals surface area (Å²) in [4.78, 5) is 40.1. The van der Waals surface area contributed by atoms with Crippen molar-refractivity contribution in [2.45, 2.75) is 19.8 Å². The smallest absolute Gasteiger partial charge is 0.263 e. The van der Waals surface area contributed by atoms with Crippen molar-refractivity contribution in [3.8, 4) is 0 Å². The molecule has 1 aromatic carbocycles. The van der Waals surface area contributed by atoms with E-state index in [0.717, 1.165) is 12.1 Å². The highest BCUT2D eigenvalue weighted by molar-refractivity contribution is 7.17. The van der Waals surface area contributed by atoms with Gasteiger partial charge in [0.1, 0.15) is 4.88 Å². The van der Waals surface area contributed by atoms with Gasteiger partial charge in [0.25, 0.3) is 11.8 Å². The zero-order chi connectivity index (χ0) is 17.1. The largest absolute Gasteiger partial charge is 0.351 e. The van der Waals surface area contributed by atoms with Crippen LogP contribution in [0.15, 0.2) is 24.3 Å². The summed E-state index contributed by atoms with van der Waals surface area (Å²) >= 11 is 1.18. The maximum Gasteiger partial charge on any atom is 0.263 e. The van der Waals surface area contributed by atoms with Gasteiger partial charge in [0.2, 0.25) is 5.91 Å². The molecule has 0 fully saturated rings. The van der Waals surface area contributed by atoms with Crippen LogP contribution in [0.3, 0.4) is 0 Å². The second-order valence-corrected chi connectivity index (χ2v) is 6.37. The van der Waals surface area contributed by atoms with Gasteiger partial charge in [-0.3, -0.25) is 19.7 Å². The Morgan fingerprint density at radius 3 is 2.67 bits per heavy atom. The zero-order valence-corrected chi connectivity index (χ0v) is 13.8. The number of anilines is 2. The molecule has 3 rings (SSSR count). The second kappa shape index (κ2) is 6.79. The van der Waals surface area contributed by atoms with E-state index in [-0.39, 0.29) is 17.7 Å². The Hall–Kier alpha value is -2.74. The van der Waals surface area contributed by atoms with E-state index < -0.39 is 0 Å². The van der Waals surface area contributed by atoms with Crippen molar-refractivity contribution in [3.63, 3.8) is 0 Å². The number of nitrogens with one attached hydrogen (secondary N) is 3. The van der Waals surface area contributed by atoms with Gasteiger partial charge in [0, 0.05) is 24.7 Å². The van der Waals surface area contributed by atoms with Crippen LogP contribution in [-0.2, 0) is 11.2 Å². The first kappa shape index (κ1) is 16.1. The van der Waals surface area contributed by atoms with Crippen LogP contribution in [0.2, 0.25) is 0 Å². The van der Waals surface area contributed by atoms with Gasteiger partial charge in [-0.25, -0.2) is 4.98 Å². The highest BCUT2D eigenvalue weighted by Gasteiger charge is 2.21. The molecule has 2 aromatic rings. The van der Waals surface area contributed by atoms with E-state index in [1.165, 1.54) is 18.3 Å². The number of nitrogens with zero attached hydrogens (tertiary/aromatic N) is 1. The van der Waals surface area contributed by atoms with Crippen LogP contribution in [-0.4, -0.2) is 29.3 Å². The summed E-state index contributed by atoms with van der Waals surface area (Å²) in [5.41, 5.74) is 1.79. The molecule has 0 atom stereocenters. The Morgan fingerprint density at radius 2 is 1.96 bits per heavy atom. The van der Waals surface area contributed by atoms with Gasteiger partial charge < -0.3 is 10.6 Å². The molecule has 0 spiro atoms. The summed E-state index contributed by atoms with van der Waals surface area (Å²) in [6, 6.07) is 6.54. The summed E-state index contributed by atoms with van der Waals surface area (Å²) in [5, 5.41) is 8.57. The van der Waals surface area contributed by atoms with Crippen LogP contribution in [0.1, 0.15) is 39.1 Å². The lowest BCUT2D eigenvalue weighted by molar-refractivity contribution is -0.114. The minimum Gasteiger partial charge on any atom is -0.351 e. The van der Waals surface area contributed by atoms with Crippen molar-refractivity contribution in [1.82, 2.24) is 10.3 Å². The lowest BCUT2D eigenvalue weighted by Crippen LogP contribution is -2.21. The van der Waals surface area contributed by atoms with Crippen LogP contribution in [0, 0.1) is 0 Å². The molecule has 2 heterocycles. The molecule has 7 nitrogen and oxygen atoms in total. The van der Waals surface area contributed by atoms with Crippen molar-refractivity contribution < 1.29 is 14.4 Å². The predicted octanol–water partition coefficient (Wildman–Crippen LogP) is 2.03. The van der Waals surface area contributed by atoms with Gasteiger partial charge in [-0.2, -0.15) is 0 Å². The third-order valence-electron chi connectivity index (χ3n) is 3.47. The molecular formula is C16H16N4O3S. The SMILES string of the molecule is CC(=O)Nc1ccc(C(=O)Nc2nc3c(s2)C(=O)NCCC3)cc1. The Balaban J connectivity index is 1.72. The van der Waals surface area contributed by atoms with Gasteiger partial charge in [-0.1, -0.05) is 11.3 Å². The standard InChI is InChI=1S/C16H16N4O3S/c1-9(21)18-11-6-4-10(5-7-11)14(22)20-16-19-12-3-2-8-17-15(23)13(12)24-16/h4-7H,2-3,8H2,1H3,(H,17,23)(H,18,21)(H,19,20,22). The minimum absolute atomic E-state index is 0.139. The van der Waals surface area contributed by atoms with Crippen LogP contribution in [0.4, 0.5) is 10.8 Å². The number of rotatable bonds is 3. The highest BCUT2D eigenvalue weighted by Crippen LogP contribution is 2.26. The van der Waals surface area contributed by atoms with E-state index in [9.17, 15) is 14.4 Å². The van der Waals surface area contributed by atoms with Crippen molar-refractivity contribution in [3.05, 3.63) is 40.4 Å². The third-order valence-corrected chi connectivity index (χ3v) is 4.48. The van der Waals surface area contributed by atoms with E-state index >= 15 is 0 Å². The maximum atomic E-state index is 12.3. The van der Waals surface area contributed by atoms with E-state index in [2.05, 4.69) is 20.9 Å². The summed E-state index contributed by atoms with van der Waals surface area (Å²) < 4.78 is 0. The summed E-state index contributed by atoms with van der Waals surface area (Å²) in [6.45, 7) is 2.06. The maximum absolute atomic E-state index is 12.3. The molecule has 1 aromatic heterocycles. The summed E-state index contributed by atoms with van der Waals surface area (Å²) in [5.74, 6) is -0.622. The molecule has 8 heteroatoms. The molecule has 24 heavy (non-hydrogen) atoms. The van der Waals surface area contributed by atoms with E-state index in [1.807, 2.05) is 0 Å². The number of fused-ring (bicyclic) bond motifs is 1. The van der Waals surface area contributed by atoms with E-state index in [0.29, 0.717) is 34.2 Å². The number of hydrogen-bond donors (Lipinski definition) is 3. The fraction of sp³-hybridized carbons (Fsp3) is 0.250. The Kier molecular flexibility index (Phi) is 4.57. The number of carbonyl (C=O) groups excluding carboxylic acids is 3. The van der Waals surface area contributed by atoms with Crippen LogP contribution in [0.25, 0.3) is 0 Å². The molecule has 3 amide bonds. The number of benzene rings is 1. The van der Waals surface area contributed by atoms with Crippen molar-refractivity contribution in [2.24, 2.45) is 0 Å². The average Bonchev–Trinajstić information content (AvgIpc) is 2.86. The first-order chi connectivity index (χ1) is 11.5. The fourth-order valence-electron chi connectivity index (χ4n) is 2.37. The van der Waals surface area contributed by atoms with Crippen LogP contribution in [0.5, 0.6) is 0 Å². The molecule has 124 valence electrons. The molecule has 0 radical (unpaired) electrons. The van der Waals surface area contributed by atoms with E-state index in [4.69, 9.17) is 0 Å². The molecule has 0 aliphatic carbocycles. The van der Waals surface area contributed by atoms with Gasteiger partial charge >= 0.3 is 0 Å². The van der Waals surface area contributed by atoms with Gasteiger partial charge in [0.05, 0.1) is 5.69 Å². The molecule has 1 aliphatic heterocycles. The van der Waals surface area contributed by atoms with E-state index in [1.54, 1.807) is 24.3 Å². The molecule has 1 aliphatic rings. The summed E-state index contributed by atoms with van der Waals surface area (Å²) in [7, 11) is 0. The van der Waals surface area contributed by atoms with Gasteiger partial charge in [-0.05, 0) is 37.1 Å². The van der Waals surface area contributed by atoms with Crippen LogP contribution >= 0.6 is 11.3 Å². The first-order valence-corrected chi connectivity index (χ1v) is 8.31. The van der Waals surface area contributed by atoms with Crippen molar-refractivity contribution in [1.29, 1.82) is 0 Å². The third kappa shape index (κ3) is 3.60. The topological polar surface area (TPSA) is 100 Å². The lowest BCUT2D eigenvalue weighted by atomic mass is 10.2. The number of aryl methyl sites for hydroxylation is 1. The number of amides is 3. The Bertz CT molecular complexity index is 798. The molecule has 0 saturated carbocycles. The first-order valence-electron chi connectivity index (χ1n) is 7.50. The predicted molar refractivity (Wildman–Crippen MR) is 91.5 cm³/mol. The monoisotopic (exact) mass is 344 g/mol. The number of thiazole rings is 1. The average molecular weight is 344 g/mol.